The third kappa shape index (κ3) is 3.38. The summed E-state index contributed by atoms with van der Waals surface area (Å²) >= 11 is 0. The van der Waals surface area contributed by atoms with E-state index in [1.165, 1.54) is 18.4 Å². The average Bonchev–Trinajstić information content (AvgIpc) is 2.93. The van der Waals surface area contributed by atoms with Crippen molar-refractivity contribution in [2.75, 3.05) is 13.1 Å². The molecule has 1 aromatic carbocycles. The van der Waals surface area contributed by atoms with Gasteiger partial charge in [-0.1, -0.05) is 49.9 Å². The zero-order valence-electron chi connectivity index (χ0n) is 17.5. The topological polar surface area (TPSA) is 40.6 Å². The largest absolute Gasteiger partial charge is 0.366 e. The van der Waals surface area contributed by atoms with Gasteiger partial charge in [0.1, 0.15) is 5.70 Å². The van der Waals surface area contributed by atoms with E-state index >= 15 is 0 Å². The summed E-state index contributed by atoms with van der Waals surface area (Å²) in [4.78, 5) is 31.0. The smallest absolute Gasteiger partial charge is 0.278 e. The number of hydrogen-bond donors (Lipinski definition) is 0. The maximum Gasteiger partial charge on any atom is 0.278 e. The Bertz CT molecular complexity index is 820. The minimum atomic E-state index is -0.0721. The first kappa shape index (κ1) is 19.2. The summed E-state index contributed by atoms with van der Waals surface area (Å²) in [5, 5.41) is 0. The second-order valence-corrected chi connectivity index (χ2v) is 9.01. The van der Waals surface area contributed by atoms with Crippen molar-refractivity contribution < 1.29 is 9.59 Å². The normalized spacial score (nSPS) is 24.5. The van der Waals surface area contributed by atoms with Crippen LogP contribution in [0.3, 0.4) is 0 Å². The number of piperidine rings is 1. The lowest BCUT2D eigenvalue weighted by atomic mass is 9.93. The first-order valence-electron chi connectivity index (χ1n) is 10.9. The lowest BCUT2D eigenvalue weighted by Gasteiger charge is -2.34. The molecule has 0 spiro atoms. The summed E-state index contributed by atoms with van der Waals surface area (Å²) in [7, 11) is 0. The first-order chi connectivity index (χ1) is 13.5. The Kier molecular flexibility index (Phi) is 5.31. The van der Waals surface area contributed by atoms with Crippen molar-refractivity contribution in [3.63, 3.8) is 0 Å². The number of benzene rings is 1. The summed E-state index contributed by atoms with van der Waals surface area (Å²) in [6.07, 6.45) is 7.59. The molecule has 0 aromatic heterocycles. The highest BCUT2D eigenvalue weighted by Gasteiger charge is 2.45. The van der Waals surface area contributed by atoms with Gasteiger partial charge in [0.25, 0.3) is 11.8 Å². The van der Waals surface area contributed by atoms with Crippen LogP contribution in [-0.4, -0.2) is 40.7 Å². The number of carbonyl (C=O) groups is 2. The molecule has 1 atom stereocenters. The maximum atomic E-state index is 13.6. The molecule has 1 aliphatic carbocycles. The Balaban J connectivity index is 1.79. The number of likely N-dealkylation sites (tertiary alicyclic amines) is 1. The average molecular weight is 381 g/mol. The highest BCUT2D eigenvalue weighted by molar-refractivity contribution is 6.36. The van der Waals surface area contributed by atoms with Crippen LogP contribution in [0.25, 0.3) is 5.57 Å². The highest BCUT2D eigenvalue weighted by atomic mass is 16.2. The van der Waals surface area contributed by atoms with Crippen LogP contribution in [0.1, 0.15) is 68.6 Å². The molecule has 0 radical (unpaired) electrons. The third-order valence-electron chi connectivity index (χ3n) is 6.66. The van der Waals surface area contributed by atoms with E-state index in [-0.39, 0.29) is 17.9 Å². The molecule has 4 rings (SSSR count). The highest BCUT2D eigenvalue weighted by Crippen LogP contribution is 2.38. The van der Waals surface area contributed by atoms with Crippen molar-refractivity contribution in [3.05, 3.63) is 40.6 Å². The van der Waals surface area contributed by atoms with Crippen molar-refractivity contribution in [1.82, 2.24) is 9.80 Å². The van der Waals surface area contributed by atoms with Gasteiger partial charge in [-0.05, 0) is 56.6 Å². The Hall–Kier alpha value is -2.10. The maximum absolute atomic E-state index is 13.6. The van der Waals surface area contributed by atoms with Gasteiger partial charge in [-0.25, -0.2) is 0 Å². The minimum absolute atomic E-state index is 0.0547. The van der Waals surface area contributed by atoms with Crippen LogP contribution in [0.5, 0.6) is 0 Å². The van der Waals surface area contributed by atoms with Gasteiger partial charge in [0, 0.05) is 19.1 Å². The lowest BCUT2D eigenvalue weighted by molar-refractivity contribution is -0.141. The fourth-order valence-corrected chi connectivity index (χ4v) is 5.23. The van der Waals surface area contributed by atoms with E-state index in [2.05, 4.69) is 24.8 Å². The predicted octanol–water partition coefficient (Wildman–Crippen LogP) is 4.45. The Labute approximate surface area is 168 Å². The van der Waals surface area contributed by atoms with Gasteiger partial charge in [-0.2, -0.15) is 0 Å². The molecule has 2 heterocycles. The van der Waals surface area contributed by atoms with Gasteiger partial charge >= 0.3 is 0 Å². The van der Waals surface area contributed by atoms with Crippen LogP contribution in [0.4, 0.5) is 0 Å². The number of imide groups is 1. The number of carbonyl (C=O) groups excluding carboxylic acids is 2. The second-order valence-electron chi connectivity index (χ2n) is 9.01. The molecule has 3 aliphatic rings. The molecule has 2 fully saturated rings. The van der Waals surface area contributed by atoms with Gasteiger partial charge in [0.15, 0.2) is 0 Å². The fourth-order valence-electron chi connectivity index (χ4n) is 5.23. The van der Waals surface area contributed by atoms with Gasteiger partial charge < -0.3 is 4.90 Å². The number of amides is 2. The van der Waals surface area contributed by atoms with Gasteiger partial charge in [-0.15, -0.1) is 0 Å². The summed E-state index contributed by atoms with van der Waals surface area (Å²) < 4.78 is 0. The molecule has 2 amide bonds. The van der Waals surface area contributed by atoms with Crippen LogP contribution in [0, 0.1) is 19.8 Å². The van der Waals surface area contributed by atoms with E-state index in [9.17, 15) is 9.59 Å². The molecule has 1 saturated heterocycles. The van der Waals surface area contributed by atoms with Crippen molar-refractivity contribution in [2.24, 2.45) is 5.92 Å². The standard InChI is InChI=1S/C24H32N2O2/c1-16-11-12-20(18(3)14-16)21-22(25-13-7-8-17(2)15-25)24(28)26(23(21)27)19-9-5-4-6-10-19/h11-12,14,17,19H,4-10,13,15H2,1-3H3. The molecule has 0 N–H and O–H groups in total. The molecule has 4 nitrogen and oxygen atoms in total. The lowest BCUT2D eigenvalue weighted by Crippen LogP contribution is -2.44. The van der Waals surface area contributed by atoms with E-state index in [4.69, 9.17) is 0 Å². The van der Waals surface area contributed by atoms with E-state index in [0.717, 1.165) is 56.3 Å². The SMILES string of the molecule is Cc1ccc(C2=C(N3CCCC(C)C3)C(=O)N(C3CCCCC3)C2=O)c(C)c1. The number of nitrogens with zero attached hydrogens (tertiary/aromatic N) is 2. The van der Waals surface area contributed by atoms with Crippen LogP contribution >= 0.6 is 0 Å². The van der Waals surface area contributed by atoms with E-state index in [1.807, 2.05) is 19.1 Å². The molecule has 1 aromatic rings. The summed E-state index contributed by atoms with van der Waals surface area (Å²) in [5.74, 6) is 0.423. The third-order valence-corrected chi connectivity index (χ3v) is 6.66. The van der Waals surface area contributed by atoms with Crippen molar-refractivity contribution >= 4 is 17.4 Å². The Morgan fingerprint density at radius 2 is 1.68 bits per heavy atom. The molecule has 1 unspecified atom stereocenters. The monoisotopic (exact) mass is 380 g/mol. The van der Waals surface area contributed by atoms with Crippen molar-refractivity contribution in [1.29, 1.82) is 0 Å². The summed E-state index contributed by atoms with van der Waals surface area (Å²) in [6.45, 7) is 8.08. The fraction of sp³-hybridized carbons (Fsp3) is 0.583. The van der Waals surface area contributed by atoms with Gasteiger partial charge in [0.2, 0.25) is 0 Å². The molecular weight excluding hydrogens is 348 g/mol. The Morgan fingerprint density at radius 1 is 0.929 bits per heavy atom. The van der Waals surface area contributed by atoms with Crippen LogP contribution < -0.4 is 0 Å². The zero-order valence-corrected chi connectivity index (χ0v) is 17.5. The number of rotatable bonds is 3. The van der Waals surface area contributed by atoms with E-state index in [0.29, 0.717) is 17.2 Å². The number of hydrogen-bond acceptors (Lipinski definition) is 3. The first-order valence-corrected chi connectivity index (χ1v) is 10.9. The molecule has 150 valence electrons. The summed E-state index contributed by atoms with van der Waals surface area (Å²) in [5.41, 5.74) is 4.48. The number of aryl methyl sites for hydroxylation is 2. The minimum Gasteiger partial charge on any atom is -0.366 e. The molecular formula is C24H32N2O2. The molecule has 1 saturated carbocycles. The molecule has 0 bridgehead atoms. The van der Waals surface area contributed by atoms with Crippen molar-refractivity contribution in [3.8, 4) is 0 Å². The Morgan fingerprint density at radius 3 is 2.36 bits per heavy atom. The second kappa shape index (κ2) is 7.73. The van der Waals surface area contributed by atoms with E-state index < -0.39 is 0 Å². The summed E-state index contributed by atoms with van der Waals surface area (Å²) in [6, 6.07) is 6.25. The van der Waals surface area contributed by atoms with Crippen LogP contribution in [-0.2, 0) is 9.59 Å². The van der Waals surface area contributed by atoms with Gasteiger partial charge in [0.05, 0.1) is 5.57 Å². The van der Waals surface area contributed by atoms with Crippen LogP contribution in [0.2, 0.25) is 0 Å². The predicted molar refractivity (Wildman–Crippen MR) is 112 cm³/mol. The van der Waals surface area contributed by atoms with E-state index in [1.54, 1.807) is 4.90 Å². The van der Waals surface area contributed by atoms with Crippen molar-refractivity contribution in [2.45, 2.75) is 71.8 Å². The van der Waals surface area contributed by atoms with Gasteiger partial charge in [-0.3, -0.25) is 14.5 Å². The zero-order chi connectivity index (χ0) is 19.8. The molecule has 2 aliphatic heterocycles. The van der Waals surface area contributed by atoms with Crippen LogP contribution in [0.15, 0.2) is 23.9 Å². The molecule has 4 heteroatoms. The quantitative estimate of drug-likeness (QED) is 0.728. The molecule has 28 heavy (non-hydrogen) atoms.